The van der Waals surface area contributed by atoms with E-state index in [2.05, 4.69) is 6.92 Å². The van der Waals surface area contributed by atoms with Crippen molar-refractivity contribution in [1.82, 2.24) is 0 Å². The third kappa shape index (κ3) is 3.81. The molecule has 3 nitrogen and oxygen atoms in total. The lowest BCUT2D eigenvalue weighted by Gasteiger charge is -2.13. The van der Waals surface area contributed by atoms with Gasteiger partial charge in [-0.3, -0.25) is 0 Å². The van der Waals surface area contributed by atoms with Crippen LogP contribution in [0, 0.1) is 0 Å². The van der Waals surface area contributed by atoms with Crippen LogP contribution in [0.2, 0.25) is 5.02 Å². The number of nitrogen functional groups attached to an aromatic ring is 1. The van der Waals surface area contributed by atoms with Gasteiger partial charge in [0.1, 0.15) is 23.8 Å². The first-order valence-electron chi connectivity index (χ1n) is 6.59. The molecule has 2 rings (SSSR count). The highest BCUT2D eigenvalue weighted by atomic mass is 35.5. The second-order valence-corrected chi connectivity index (χ2v) is 4.87. The highest BCUT2D eigenvalue weighted by Crippen LogP contribution is 2.32. The van der Waals surface area contributed by atoms with E-state index in [4.69, 9.17) is 26.8 Å². The zero-order valence-corrected chi connectivity index (χ0v) is 12.2. The van der Waals surface area contributed by atoms with Crippen molar-refractivity contribution in [2.24, 2.45) is 0 Å². The number of hydrogen-bond donors (Lipinski definition) is 1. The topological polar surface area (TPSA) is 44.5 Å². The van der Waals surface area contributed by atoms with E-state index >= 15 is 0 Å². The number of para-hydroxylation sites is 1. The van der Waals surface area contributed by atoms with Crippen LogP contribution in [-0.4, -0.2) is 6.61 Å². The van der Waals surface area contributed by atoms with E-state index in [0.717, 1.165) is 12.0 Å². The zero-order chi connectivity index (χ0) is 14.4. The summed E-state index contributed by atoms with van der Waals surface area (Å²) in [6.07, 6.45) is 0.940. The smallest absolute Gasteiger partial charge is 0.146 e. The van der Waals surface area contributed by atoms with Crippen molar-refractivity contribution in [3.63, 3.8) is 0 Å². The zero-order valence-electron chi connectivity index (χ0n) is 11.4. The number of halogens is 1. The molecule has 20 heavy (non-hydrogen) atoms. The molecule has 0 aliphatic rings. The van der Waals surface area contributed by atoms with Crippen LogP contribution in [0.4, 0.5) is 5.69 Å². The van der Waals surface area contributed by atoms with Crippen LogP contribution in [-0.2, 0) is 6.61 Å². The van der Waals surface area contributed by atoms with Crippen LogP contribution in [0.5, 0.6) is 11.5 Å². The SMILES string of the molecule is CCCOc1cccc(OCc2ccc(Cl)cc2)c1N. The molecule has 0 spiro atoms. The quantitative estimate of drug-likeness (QED) is 0.808. The molecule has 0 radical (unpaired) electrons. The Kier molecular flexibility index (Phi) is 5.13. The molecule has 0 amide bonds. The predicted molar refractivity (Wildman–Crippen MR) is 82.4 cm³/mol. The number of hydrogen-bond acceptors (Lipinski definition) is 3. The van der Waals surface area contributed by atoms with Crippen molar-refractivity contribution >= 4 is 17.3 Å². The van der Waals surface area contributed by atoms with Gasteiger partial charge in [-0.15, -0.1) is 0 Å². The van der Waals surface area contributed by atoms with Crippen molar-refractivity contribution in [1.29, 1.82) is 0 Å². The number of rotatable bonds is 6. The van der Waals surface area contributed by atoms with Crippen LogP contribution < -0.4 is 15.2 Å². The Morgan fingerprint density at radius 2 is 1.65 bits per heavy atom. The highest BCUT2D eigenvalue weighted by Gasteiger charge is 2.07. The van der Waals surface area contributed by atoms with Gasteiger partial charge in [0, 0.05) is 5.02 Å². The first-order valence-corrected chi connectivity index (χ1v) is 6.97. The Balaban J connectivity index is 2.03. The lowest BCUT2D eigenvalue weighted by Crippen LogP contribution is -2.02. The fraction of sp³-hybridized carbons (Fsp3) is 0.250. The average molecular weight is 292 g/mol. The normalized spacial score (nSPS) is 10.3. The van der Waals surface area contributed by atoms with Gasteiger partial charge in [0.15, 0.2) is 0 Å². The van der Waals surface area contributed by atoms with Crippen molar-refractivity contribution in [2.45, 2.75) is 20.0 Å². The van der Waals surface area contributed by atoms with Gasteiger partial charge in [0.05, 0.1) is 6.61 Å². The minimum atomic E-state index is 0.443. The highest BCUT2D eigenvalue weighted by molar-refractivity contribution is 6.30. The molecule has 2 aromatic rings. The summed E-state index contributed by atoms with van der Waals surface area (Å²) in [5.41, 5.74) is 7.61. The molecule has 0 aliphatic heterocycles. The number of benzene rings is 2. The summed E-state index contributed by atoms with van der Waals surface area (Å²) in [6.45, 7) is 3.14. The van der Waals surface area contributed by atoms with Gasteiger partial charge >= 0.3 is 0 Å². The summed E-state index contributed by atoms with van der Waals surface area (Å²) >= 11 is 5.85. The second kappa shape index (κ2) is 7.06. The molecular weight excluding hydrogens is 274 g/mol. The number of anilines is 1. The van der Waals surface area contributed by atoms with E-state index < -0.39 is 0 Å². The first kappa shape index (κ1) is 14.5. The Hall–Kier alpha value is -1.87. The summed E-state index contributed by atoms with van der Waals surface area (Å²) in [5.74, 6) is 1.30. The van der Waals surface area contributed by atoms with Crippen molar-refractivity contribution in [3.05, 3.63) is 53.1 Å². The third-order valence-electron chi connectivity index (χ3n) is 2.80. The van der Waals surface area contributed by atoms with Crippen LogP contribution >= 0.6 is 11.6 Å². The Morgan fingerprint density at radius 3 is 2.30 bits per heavy atom. The second-order valence-electron chi connectivity index (χ2n) is 4.43. The van der Waals surface area contributed by atoms with Gasteiger partial charge in [0.25, 0.3) is 0 Å². The molecule has 106 valence electrons. The molecule has 4 heteroatoms. The standard InChI is InChI=1S/C16H18ClNO2/c1-2-10-19-14-4-3-5-15(16(14)18)20-11-12-6-8-13(17)9-7-12/h3-9H,2,10-11,18H2,1H3. The lowest BCUT2D eigenvalue weighted by atomic mass is 10.2. The van der Waals surface area contributed by atoms with Gasteiger partial charge in [0.2, 0.25) is 0 Å². The van der Waals surface area contributed by atoms with Gasteiger partial charge in [-0.1, -0.05) is 36.7 Å². The Bertz CT molecular complexity index is 555. The van der Waals surface area contributed by atoms with E-state index in [-0.39, 0.29) is 0 Å². The largest absolute Gasteiger partial charge is 0.491 e. The Morgan fingerprint density at radius 1 is 1.00 bits per heavy atom. The Labute approximate surface area is 124 Å². The van der Waals surface area contributed by atoms with Gasteiger partial charge in [-0.05, 0) is 36.2 Å². The summed E-state index contributed by atoms with van der Waals surface area (Å²) in [4.78, 5) is 0. The van der Waals surface area contributed by atoms with Gasteiger partial charge in [-0.2, -0.15) is 0 Å². The molecule has 0 unspecified atom stereocenters. The fourth-order valence-electron chi connectivity index (χ4n) is 1.73. The lowest BCUT2D eigenvalue weighted by molar-refractivity contribution is 0.298. The van der Waals surface area contributed by atoms with Gasteiger partial charge in [-0.25, -0.2) is 0 Å². The summed E-state index contributed by atoms with van der Waals surface area (Å²) in [6, 6.07) is 13.1. The molecule has 0 atom stereocenters. The molecule has 0 heterocycles. The maximum atomic E-state index is 6.04. The van der Waals surface area contributed by atoms with E-state index in [0.29, 0.717) is 35.4 Å². The molecule has 0 bridgehead atoms. The summed E-state index contributed by atoms with van der Waals surface area (Å²) < 4.78 is 11.3. The molecule has 2 N–H and O–H groups in total. The van der Waals surface area contributed by atoms with Crippen LogP contribution in [0.15, 0.2) is 42.5 Å². The van der Waals surface area contributed by atoms with Crippen molar-refractivity contribution < 1.29 is 9.47 Å². The molecule has 0 aromatic heterocycles. The maximum Gasteiger partial charge on any atom is 0.146 e. The minimum absolute atomic E-state index is 0.443. The third-order valence-corrected chi connectivity index (χ3v) is 3.05. The summed E-state index contributed by atoms with van der Waals surface area (Å²) in [7, 11) is 0. The molecular formula is C16H18ClNO2. The predicted octanol–water partition coefficient (Wildman–Crippen LogP) is 4.29. The van der Waals surface area contributed by atoms with Crippen LogP contribution in [0.1, 0.15) is 18.9 Å². The van der Waals surface area contributed by atoms with E-state index in [1.54, 1.807) is 0 Å². The van der Waals surface area contributed by atoms with Crippen LogP contribution in [0.3, 0.4) is 0 Å². The average Bonchev–Trinajstić information content (AvgIpc) is 2.47. The van der Waals surface area contributed by atoms with E-state index in [1.807, 2.05) is 42.5 Å². The van der Waals surface area contributed by atoms with Gasteiger partial charge < -0.3 is 15.2 Å². The molecule has 0 fully saturated rings. The molecule has 2 aromatic carbocycles. The molecule has 0 saturated heterocycles. The van der Waals surface area contributed by atoms with Crippen LogP contribution in [0.25, 0.3) is 0 Å². The van der Waals surface area contributed by atoms with E-state index in [9.17, 15) is 0 Å². The fourth-order valence-corrected chi connectivity index (χ4v) is 1.86. The monoisotopic (exact) mass is 291 g/mol. The van der Waals surface area contributed by atoms with Crippen molar-refractivity contribution in [3.8, 4) is 11.5 Å². The first-order chi connectivity index (χ1) is 9.70. The number of nitrogens with two attached hydrogens (primary N) is 1. The summed E-state index contributed by atoms with van der Waals surface area (Å²) in [5, 5.41) is 0.711. The molecule has 0 aliphatic carbocycles. The number of ether oxygens (including phenoxy) is 2. The van der Waals surface area contributed by atoms with E-state index in [1.165, 1.54) is 0 Å². The van der Waals surface area contributed by atoms with Crippen molar-refractivity contribution in [2.75, 3.05) is 12.3 Å². The minimum Gasteiger partial charge on any atom is -0.491 e. The maximum absolute atomic E-state index is 6.04. The molecule has 0 saturated carbocycles.